The zero-order chi connectivity index (χ0) is 9.64. The number of rotatable bonds is 0. The first kappa shape index (κ1) is 9.09. The second-order valence-electron chi connectivity index (χ2n) is 4.26. The first-order valence-electron chi connectivity index (χ1n) is 4.19. The molecule has 13 heavy (non-hydrogen) atoms. The van der Waals surface area contributed by atoms with Crippen molar-refractivity contribution >= 4 is 26.4 Å². The van der Waals surface area contributed by atoms with Gasteiger partial charge in [0.25, 0.3) is 0 Å². The highest BCUT2D eigenvalue weighted by Crippen LogP contribution is 2.36. The summed E-state index contributed by atoms with van der Waals surface area (Å²) in [5, 5.41) is 7.82. The molecular weight excluding hydrogens is 202 g/mol. The molecule has 0 fully saturated rings. The minimum atomic E-state index is 0.0943. The van der Waals surface area contributed by atoms with E-state index < -0.39 is 0 Å². The predicted octanol–water partition coefficient (Wildman–Crippen LogP) is 2.51. The van der Waals surface area contributed by atoms with Gasteiger partial charge in [0, 0.05) is 5.56 Å². The van der Waals surface area contributed by atoms with Crippen molar-refractivity contribution in [2.24, 2.45) is 5.41 Å². The Morgan fingerprint density at radius 1 is 1.31 bits per heavy atom. The Morgan fingerprint density at radius 2 is 2.00 bits per heavy atom. The van der Waals surface area contributed by atoms with E-state index in [1.807, 2.05) is 0 Å². The van der Waals surface area contributed by atoms with Crippen LogP contribution in [0.15, 0.2) is 4.79 Å². The van der Waals surface area contributed by atoms with Gasteiger partial charge in [-0.05, 0) is 28.6 Å². The van der Waals surface area contributed by atoms with E-state index in [1.54, 1.807) is 0 Å². The third-order valence-corrected chi connectivity index (χ3v) is 4.65. The molecule has 0 unspecified atom stereocenters. The van der Waals surface area contributed by atoms with Crippen molar-refractivity contribution in [3.05, 3.63) is 20.0 Å². The van der Waals surface area contributed by atoms with Gasteiger partial charge in [0.15, 0.2) is 0 Å². The molecule has 4 heteroatoms. The van der Waals surface area contributed by atoms with Crippen molar-refractivity contribution in [3.63, 3.8) is 0 Å². The molecule has 1 aromatic heterocycles. The third kappa shape index (κ3) is 1.48. The molecule has 0 saturated carbocycles. The highest BCUT2D eigenvalue weighted by molar-refractivity contribution is 7.69. The van der Waals surface area contributed by atoms with Crippen molar-refractivity contribution in [1.29, 1.82) is 5.41 Å². The first-order chi connectivity index (χ1) is 5.99. The summed E-state index contributed by atoms with van der Waals surface area (Å²) >= 11 is 0. The minimum Gasteiger partial charge on any atom is -0.304 e. The molecule has 0 aliphatic heterocycles. The Bertz CT molecular complexity index is 413. The zero-order valence-corrected chi connectivity index (χ0v) is 9.27. The van der Waals surface area contributed by atoms with E-state index >= 15 is 0 Å². The molecule has 0 atom stereocenters. The first-order valence-corrected chi connectivity index (χ1v) is 6.34. The van der Waals surface area contributed by atoms with Crippen molar-refractivity contribution < 1.29 is 0 Å². The molecule has 70 valence electrons. The molecule has 0 radical (unpaired) electrons. The minimum absolute atomic E-state index is 0.0943. The van der Waals surface area contributed by atoms with Crippen LogP contribution < -0.4 is 4.74 Å². The van der Waals surface area contributed by atoms with Crippen LogP contribution in [0.5, 0.6) is 0 Å². The second-order valence-corrected chi connectivity index (χ2v) is 6.37. The summed E-state index contributed by atoms with van der Waals surface area (Å²) in [6.07, 6.45) is 1.64. The van der Waals surface area contributed by atoms with E-state index in [4.69, 9.17) is 5.41 Å². The van der Waals surface area contributed by atoms with E-state index in [2.05, 4.69) is 13.8 Å². The highest BCUT2D eigenvalue weighted by atomic mass is 32.9. The van der Waals surface area contributed by atoms with Gasteiger partial charge in [-0.25, -0.2) is 0 Å². The van der Waals surface area contributed by atoms with E-state index in [1.165, 1.54) is 20.7 Å². The monoisotopic (exact) mass is 213 g/mol. The summed E-state index contributed by atoms with van der Waals surface area (Å²) in [5.74, 6) is 0. The van der Waals surface area contributed by atoms with Gasteiger partial charge in [0.2, 0.25) is 4.74 Å². The van der Waals surface area contributed by atoms with Crippen LogP contribution in [-0.2, 0) is 6.42 Å². The molecule has 0 amide bonds. The topological polar surface area (TPSA) is 40.9 Å². The summed E-state index contributed by atoms with van der Waals surface area (Å²) in [6, 6.07) is 0. The lowest BCUT2D eigenvalue weighted by Crippen LogP contribution is -2.28. The average Bonchev–Trinajstić information content (AvgIpc) is 2.30. The fourth-order valence-corrected chi connectivity index (χ4v) is 4.08. The van der Waals surface area contributed by atoms with Crippen molar-refractivity contribution in [1.82, 2.24) is 0 Å². The molecule has 1 aliphatic carbocycles. The van der Waals surface area contributed by atoms with E-state index in [9.17, 15) is 4.79 Å². The Balaban J connectivity index is 2.58. The van der Waals surface area contributed by atoms with Crippen LogP contribution in [0.2, 0.25) is 0 Å². The fraction of sp³-hybridized carbons (Fsp3) is 0.556. The summed E-state index contributed by atoms with van der Waals surface area (Å²) in [4.78, 5) is 12.4. The summed E-state index contributed by atoms with van der Waals surface area (Å²) in [7, 11) is 2.74. The van der Waals surface area contributed by atoms with Crippen LogP contribution in [-0.4, -0.2) is 5.71 Å². The van der Waals surface area contributed by atoms with Crippen molar-refractivity contribution in [2.45, 2.75) is 26.7 Å². The van der Waals surface area contributed by atoms with Gasteiger partial charge >= 0.3 is 0 Å². The fourth-order valence-electron chi connectivity index (χ4n) is 1.76. The highest BCUT2D eigenvalue weighted by Gasteiger charge is 2.31. The van der Waals surface area contributed by atoms with Crippen LogP contribution in [0.4, 0.5) is 0 Å². The normalized spacial score (nSPS) is 20.0. The SMILES string of the molecule is CC1(C)CC(=N)c2ssc(=O)c2C1. The van der Waals surface area contributed by atoms with Crippen molar-refractivity contribution in [2.75, 3.05) is 0 Å². The molecule has 2 nitrogen and oxygen atoms in total. The molecule has 1 aliphatic rings. The Hall–Kier alpha value is -0.480. The van der Waals surface area contributed by atoms with Gasteiger partial charge in [-0.15, -0.1) is 0 Å². The lowest BCUT2D eigenvalue weighted by Gasteiger charge is -2.28. The van der Waals surface area contributed by atoms with Crippen molar-refractivity contribution in [3.8, 4) is 0 Å². The molecule has 2 rings (SSSR count). The third-order valence-electron chi connectivity index (χ3n) is 2.31. The van der Waals surface area contributed by atoms with Gasteiger partial charge in [-0.3, -0.25) is 4.79 Å². The molecule has 1 N–H and O–H groups in total. The molecule has 0 saturated heterocycles. The molecule has 0 spiro atoms. The molecule has 1 aromatic rings. The number of fused-ring (bicyclic) bond motifs is 1. The van der Waals surface area contributed by atoms with Gasteiger partial charge in [0.05, 0.1) is 10.6 Å². The maximum Gasteiger partial charge on any atom is 0.246 e. The summed E-state index contributed by atoms with van der Waals surface area (Å²) < 4.78 is 0.164. The van der Waals surface area contributed by atoms with Crippen LogP contribution in [0.3, 0.4) is 0 Å². The maximum atomic E-state index is 11.4. The Labute approximate surface area is 84.1 Å². The van der Waals surface area contributed by atoms with Crippen LogP contribution in [0.1, 0.15) is 30.7 Å². The standard InChI is InChI=1S/C9H11NOS2/c1-9(2)3-5-7(6(10)4-9)12-13-8(5)11/h10H,3-4H2,1-2H3. The van der Waals surface area contributed by atoms with Crippen LogP contribution in [0, 0.1) is 10.8 Å². The average molecular weight is 213 g/mol. The van der Waals surface area contributed by atoms with Gasteiger partial charge in [-0.1, -0.05) is 24.2 Å². The number of hydrogen-bond acceptors (Lipinski definition) is 4. The molecule has 0 aromatic carbocycles. The predicted molar refractivity (Wildman–Crippen MR) is 57.4 cm³/mol. The molecular formula is C9H11NOS2. The van der Waals surface area contributed by atoms with Gasteiger partial charge < -0.3 is 5.41 Å². The van der Waals surface area contributed by atoms with Gasteiger partial charge in [-0.2, -0.15) is 0 Å². The molecule has 0 bridgehead atoms. The van der Waals surface area contributed by atoms with Crippen LogP contribution >= 0.6 is 20.7 Å². The quantitative estimate of drug-likeness (QED) is 0.661. The van der Waals surface area contributed by atoms with Gasteiger partial charge in [0.1, 0.15) is 0 Å². The number of nitrogens with one attached hydrogen (secondary N) is 1. The van der Waals surface area contributed by atoms with E-state index in [0.717, 1.165) is 23.3 Å². The van der Waals surface area contributed by atoms with E-state index in [-0.39, 0.29) is 10.2 Å². The Kier molecular flexibility index (Phi) is 1.92. The van der Waals surface area contributed by atoms with E-state index in [0.29, 0.717) is 5.71 Å². The smallest absolute Gasteiger partial charge is 0.246 e. The lowest BCUT2D eigenvalue weighted by molar-refractivity contribution is 0.372. The maximum absolute atomic E-state index is 11.4. The molecule has 1 heterocycles. The van der Waals surface area contributed by atoms with Crippen LogP contribution in [0.25, 0.3) is 0 Å². The number of hydrogen-bond donors (Lipinski definition) is 1. The summed E-state index contributed by atoms with van der Waals surface area (Å²) in [5.41, 5.74) is 1.63. The lowest BCUT2D eigenvalue weighted by atomic mass is 9.76. The zero-order valence-electron chi connectivity index (χ0n) is 7.64. The largest absolute Gasteiger partial charge is 0.304 e. The Morgan fingerprint density at radius 3 is 2.69 bits per heavy atom. The summed E-state index contributed by atoms with van der Waals surface area (Å²) in [6.45, 7) is 4.23. The second kappa shape index (κ2) is 2.75.